The van der Waals surface area contributed by atoms with Gasteiger partial charge in [0.15, 0.2) is 0 Å². The normalized spacial score (nSPS) is 12.1. The molecule has 2 rings (SSSR count). The van der Waals surface area contributed by atoms with Crippen molar-refractivity contribution in [1.29, 1.82) is 0 Å². The van der Waals surface area contributed by atoms with Gasteiger partial charge >= 0.3 is 0 Å². The molecule has 1 amide bonds. The Balaban J connectivity index is 1.96. The first-order valence-electron chi connectivity index (χ1n) is 5.67. The molecule has 0 aliphatic carbocycles. The van der Waals surface area contributed by atoms with E-state index in [0.717, 1.165) is 10.4 Å². The van der Waals surface area contributed by atoms with E-state index >= 15 is 0 Å². The van der Waals surface area contributed by atoms with Crippen molar-refractivity contribution in [2.75, 3.05) is 5.73 Å². The van der Waals surface area contributed by atoms with E-state index in [1.165, 1.54) is 11.3 Å². The Morgan fingerprint density at radius 2 is 2.39 bits per heavy atom. The number of anilines is 1. The first-order chi connectivity index (χ1) is 8.66. The summed E-state index contributed by atoms with van der Waals surface area (Å²) in [4.78, 5) is 17.0. The molecule has 3 N–H and O–H groups in total. The number of aromatic nitrogens is 1. The zero-order valence-electron chi connectivity index (χ0n) is 10.1. The maximum Gasteiger partial charge on any atom is 0.227 e. The Morgan fingerprint density at radius 1 is 1.56 bits per heavy atom. The lowest BCUT2D eigenvalue weighted by molar-refractivity contribution is -0.122. The predicted octanol–water partition coefficient (Wildman–Crippen LogP) is 2.15. The summed E-state index contributed by atoms with van der Waals surface area (Å²) in [5, 5.41) is 2.89. The molecule has 0 aliphatic heterocycles. The third-order valence-electron chi connectivity index (χ3n) is 2.72. The Morgan fingerprint density at radius 3 is 3.06 bits per heavy atom. The first-order valence-corrected chi connectivity index (χ1v) is 6.55. The minimum Gasteiger partial charge on any atom is -0.399 e. The van der Waals surface area contributed by atoms with Gasteiger partial charge in [0.25, 0.3) is 0 Å². The number of rotatable bonds is 4. The number of nitrogens with two attached hydrogens (primary N) is 1. The van der Waals surface area contributed by atoms with Crippen molar-refractivity contribution in [2.24, 2.45) is 0 Å². The highest BCUT2D eigenvalue weighted by atomic mass is 32.1. The number of nitrogen functional groups attached to an aromatic ring is 1. The lowest BCUT2D eigenvalue weighted by atomic mass is 10.00. The zero-order chi connectivity index (χ0) is 13.0. The second-order valence-electron chi connectivity index (χ2n) is 4.08. The number of nitrogens with zero attached hydrogens (tertiary/aromatic N) is 1. The zero-order valence-corrected chi connectivity index (χ0v) is 10.9. The minimum absolute atomic E-state index is 0.00556. The third-order valence-corrected chi connectivity index (χ3v) is 3.50. The number of carbonyl (C=O) groups is 1. The number of benzene rings is 1. The summed E-state index contributed by atoms with van der Waals surface area (Å²) in [6, 6.07) is 7.41. The van der Waals surface area contributed by atoms with E-state index in [1.807, 2.05) is 31.2 Å². The summed E-state index contributed by atoms with van der Waals surface area (Å²) in [5.41, 5.74) is 9.07. The van der Waals surface area contributed by atoms with Gasteiger partial charge in [-0.25, -0.2) is 0 Å². The standard InChI is InChI=1S/C13H15N3OS/c1-9(10-3-2-4-11(14)5-10)13(17)16-7-12-6-15-8-18-12/h2-6,8-9H,7,14H2,1H3,(H,16,17). The number of thiazole rings is 1. The summed E-state index contributed by atoms with van der Waals surface area (Å²) in [7, 11) is 0. The molecule has 0 saturated heterocycles. The molecule has 4 nitrogen and oxygen atoms in total. The molecule has 1 unspecified atom stereocenters. The van der Waals surface area contributed by atoms with Gasteiger partial charge in [0.2, 0.25) is 5.91 Å². The van der Waals surface area contributed by atoms with E-state index in [2.05, 4.69) is 10.3 Å². The Kier molecular flexibility index (Phi) is 3.94. The summed E-state index contributed by atoms with van der Waals surface area (Å²) in [6.07, 6.45) is 1.76. The van der Waals surface area contributed by atoms with Gasteiger partial charge in [0.05, 0.1) is 18.0 Å². The molecule has 94 valence electrons. The molecule has 0 bridgehead atoms. The molecule has 0 spiro atoms. The smallest absolute Gasteiger partial charge is 0.227 e. The molecule has 0 fully saturated rings. The van der Waals surface area contributed by atoms with E-state index in [4.69, 9.17) is 5.73 Å². The highest BCUT2D eigenvalue weighted by Crippen LogP contribution is 2.18. The van der Waals surface area contributed by atoms with Crippen molar-refractivity contribution in [1.82, 2.24) is 10.3 Å². The molecular weight excluding hydrogens is 246 g/mol. The van der Waals surface area contributed by atoms with Crippen LogP contribution >= 0.6 is 11.3 Å². The van der Waals surface area contributed by atoms with E-state index in [1.54, 1.807) is 11.7 Å². The molecule has 18 heavy (non-hydrogen) atoms. The van der Waals surface area contributed by atoms with Gasteiger partial charge in [-0.3, -0.25) is 9.78 Å². The van der Waals surface area contributed by atoms with Crippen molar-refractivity contribution >= 4 is 22.9 Å². The van der Waals surface area contributed by atoms with E-state index in [9.17, 15) is 4.79 Å². The van der Waals surface area contributed by atoms with Crippen LogP contribution in [0.4, 0.5) is 5.69 Å². The Hall–Kier alpha value is -1.88. The lowest BCUT2D eigenvalue weighted by Gasteiger charge is -2.12. The van der Waals surface area contributed by atoms with Crippen molar-refractivity contribution in [3.05, 3.63) is 46.4 Å². The van der Waals surface area contributed by atoms with Crippen molar-refractivity contribution in [3.8, 4) is 0 Å². The molecule has 0 aliphatic rings. The van der Waals surface area contributed by atoms with E-state index < -0.39 is 0 Å². The maximum atomic E-state index is 12.0. The van der Waals surface area contributed by atoms with Gasteiger partial charge in [0.1, 0.15) is 0 Å². The van der Waals surface area contributed by atoms with Gasteiger partial charge in [-0.2, -0.15) is 0 Å². The van der Waals surface area contributed by atoms with Crippen molar-refractivity contribution < 1.29 is 4.79 Å². The Labute approximate surface area is 110 Å². The Bertz CT molecular complexity index is 525. The summed E-state index contributed by atoms with van der Waals surface area (Å²) < 4.78 is 0. The number of hydrogen-bond acceptors (Lipinski definition) is 4. The largest absolute Gasteiger partial charge is 0.399 e. The quantitative estimate of drug-likeness (QED) is 0.829. The molecule has 1 aromatic carbocycles. The molecule has 5 heteroatoms. The van der Waals surface area contributed by atoms with Gasteiger partial charge in [-0.15, -0.1) is 11.3 Å². The van der Waals surface area contributed by atoms with Crippen LogP contribution < -0.4 is 11.1 Å². The van der Waals surface area contributed by atoms with Crippen LogP contribution in [-0.2, 0) is 11.3 Å². The summed E-state index contributed by atoms with van der Waals surface area (Å²) in [6.45, 7) is 2.40. The van der Waals surface area contributed by atoms with Crippen LogP contribution in [0, 0.1) is 0 Å². The molecule has 1 aromatic heterocycles. The second-order valence-corrected chi connectivity index (χ2v) is 5.05. The van der Waals surface area contributed by atoms with Crippen LogP contribution in [0.25, 0.3) is 0 Å². The molecule has 1 atom stereocenters. The SMILES string of the molecule is CC(C(=O)NCc1cncs1)c1cccc(N)c1. The predicted molar refractivity (Wildman–Crippen MR) is 73.2 cm³/mol. The van der Waals surface area contributed by atoms with E-state index in [-0.39, 0.29) is 11.8 Å². The van der Waals surface area contributed by atoms with Crippen molar-refractivity contribution in [2.45, 2.75) is 19.4 Å². The summed E-state index contributed by atoms with van der Waals surface area (Å²) >= 11 is 1.53. The topological polar surface area (TPSA) is 68.0 Å². The van der Waals surface area contributed by atoms with Crippen LogP contribution in [0.2, 0.25) is 0 Å². The highest BCUT2D eigenvalue weighted by molar-refractivity contribution is 7.09. The van der Waals surface area contributed by atoms with Crippen LogP contribution in [0.5, 0.6) is 0 Å². The van der Waals surface area contributed by atoms with E-state index in [0.29, 0.717) is 12.2 Å². The van der Waals surface area contributed by atoms with Crippen LogP contribution in [0.1, 0.15) is 23.3 Å². The number of carbonyl (C=O) groups excluding carboxylic acids is 1. The van der Waals surface area contributed by atoms with Gasteiger partial charge in [-0.1, -0.05) is 12.1 Å². The minimum atomic E-state index is -0.207. The average molecular weight is 261 g/mol. The number of nitrogens with one attached hydrogen (secondary N) is 1. The first kappa shape index (κ1) is 12.6. The second kappa shape index (κ2) is 5.64. The molecule has 0 radical (unpaired) electrons. The average Bonchev–Trinajstić information content (AvgIpc) is 2.88. The third kappa shape index (κ3) is 3.07. The van der Waals surface area contributed by atoms with Gasteiger partial charge in [0, 0.05) is 16.8 Å². The van der Waals surface area contributed by atoms with Crippen molar-refractivity contribution in [3.63, 3.8) is 0 Å². The van der Waals surface area contributed by atoms with Crippen LogP contribution in [-0.4, -0.2) is 10.9 Å². The molecule has 1 heterocycles. The monoisotopic (exact) mass is 261 g/mol. The van der Waals surface area contributed by atoms with Crippen LogP contribution in [0.15, 0.2) is 36.0 Å². The number of hydrogen-bond donors (Lipinski definition) is 2. The maximum absolute atomic E-state index is 12.0. The summed E-state index contributed by atoms with van der Waals surface area (Å²) in [5.74, 6) is -0.213. The number of amides is 1. The fourth-order valence-electron chi connectivity index (χ4n) is 1.64. The van der Waals surface area contributed by atoms with Gasteiger partial charge < -0.3 is 11.1 Å². The fourth-order valence-corrected chi connectivity index (χ4v) is 2.17. The highest BCUT2D eigenvalue weighted by Gasteiger charge is 2.14. The van der Waals surface area contributed by atoms with Gasteiger partial charge in [-0.05, 0) is 24.6 Å². The fraction of sp³-hybridized carbons (Fsp3) is 0.231. The molecule has 2 aromatic rings. The molecule has 0 saturated carbocycles. The van der Waals surface area contributed by atoms with Crippen LogP contribution in [0.3, 0.4) is 0 Å². The lowest BCUT2D eigenvalue weighted by Crippen LogP contribution is -2.27. The molecular formula is C13H15N3OS.